The van der Waals surface area contributed by atoms with Crippen LogP contribution in [-0.4, -0.2) is 19.0 Å². The topological polar surface area (TPSA) is 55.4 Å². The molecular formula is C6H9BrN2O. The van der Waals surface area contributed by atoms with Gasteiger partial charge in [-0.05, 0) is 22.9 Å². The molecule has 0 spiro atoms. The van der Waals surface area contributed by atoms with Crippen LogP contribution in [0.3, 0.4) is 0 Å². The molecule has 2 N–H and O–H groups in total. The minimum Gasteiger partial charge on any atom is -0.395 e. The molecule has 0 aromatic carbocycles. The SMILES string of the molecule is CN=C(C)/C(Br)=C(\N)C=O. The van der Waals surface area contributed by atoms with E-state index >= 15 is 0 Å². The van der Waals surface area contributed by atoms with Crippen LogP contribution < -0.4 is 5.73 Å². The minimum absolute atomic E-state index is 0.170. The summed E-state index contributed by atoms with van der Waals surface area (Å²) in [4.78, 5) is 13.9. The fraction of sp³-hybridized carbons (Fsp3) is 0.333. The van der Waals surface area contributed by atoms with Crippen molar-refractivity contribution < 1.29 is 4.79 Å². The van der Waals surface area contributed by atoms with Crippen LogP contribution in [0.1, 0.15) is 6.92 Å². The summed E-state index contributed by atoms with van der Waals surface area (Å²) in [5.74, 6) is 0. The number of carbonyl (C=O) groups is 1. The van der Waals surface area contributed by atoms with Gasteiger partial charge < -0.3 is 5.73 Å². The molecular weight excluding hydrogens is 196 g/mol. The molecule has 0 rings (SSSR count). The molecule has 0 saturated carbocycles. The summed E-state index contributed by atoms with van der Waals surface area (Å²) in [5, 5.41) is 0. The summed E-state index contributed by atoms with van der Waals surface area (Å²) in [6.07, 6.45) is 0.582. The third kappa shape index (κ3) is 2.31. The van der Waals surface area contributed by atoms with Gasteiger partial charge in [-0.3, -0.25) is 9.79 Å². The molecule has 4 heteroatoms. The van der Waals surface area contributed by atoms with Crippen LogP contribution in [0.2, 0.25) is 0 Å². The highest BCUT2D eigenvalue weighted by Gasteiger charge is 2.00. The smallest absolute Gasteiger partial charge is 0.166 e. The summed E-state index contributed by atoms with van der Waals surface area (Å²) in [6, 6.07) is 0. The number of hydrogen-bond acceptors (Lipinski definition) is 3. The zero-order valence-electron chi connectivity index (χ0n) is 5.89. The second-order valence-electron chi connectivity index (χ2n) is 1.70. The Morgan fingerprint density at radius 2 is 2.20 bits per heavy atom. The fourth-order valence-corrected chi connectivity index (χ4v) is 0.630. The molecule has 10 heavy (non-hydrogen) atoms. The molecule has 0 aliphatic carbocycles. The van der Waals surface area contributed by atoms with Gasteiger partial charge in [-0.25, -0.2) is 0 Å². The van der Waals surface area contributed by atoms with Gasteiger partial charge in [0.05, 0.1) is 10.2 Å². The average molecular weight is 205 g/mol. The molecule has 0 aromatic heterocycles. The second kappa shape index (κ2) is 4.22. The number of nitrogens with zero attached hydrogens (tertiary/aromatic N) is 1. The lowest BCUT2D eigenvalue weighted by molar-refractivity contribution is -0.104. The summed E-state index contributed by atoms with van der Waals surface area (Å²) < 4.78 is 0.560. The monoisotopic (exact) mass is 204 g/mol. The first-order valence-corrected chi connectivity index (χ1v) is 3.47. The molecule has 56 valence electrons. The Morgan fingerprint density at radius 3 is 2.50 bits per heavy atom. The lowest BCUT2D eigenvalue weighted by Crippen LogP contribution is -2.05. The highest BCUT2D eigenvalue weighted by molar-refractivity contribution is 9.12. The lowest BCUT2D eigenvalue weighted by atomic mass is 10.3. The molecule has 0 amide bonds. The molecule has 0 atom stereocenters. The van der Waals surface area contributed by atoms with Crippen molar-refractivity contribution in [2.24, 2.45) is 10.7 Å². The number of aldehydes is 1. The van der Waals surface area contributed by atoms with Crippen LogP contribution in [0.5, 0.6) is 0 Å². The quantitative estimate of drug-likeness (QED) is 0.412. The molecule has 0 heterocycles. The van der Waals surface area contributed by atoms with Gasteiger partial charge in [0.25, 0.3) is 0 Å². The molecule has 0 radical (unpaired) electrons. The van der Waals surface area contributed by atoms with Gasteiger partial charge in [0, 0.05) is 12.8 Å². The molecule has 3 nitrogen and oxygen atoms in total. The van der Waals surface area contributed by atoms with Crippen molar-refractivity contribution in [2.45, 2.75) is 6.92 Å². The van der Waals surface area contributed by atoms with E-state index in [4.69, 9.17) is 5.73 Å². The standard InChI is InChI=1S/C6H9BrN2O/c1-4(9-2)6(7)5(8)3-10/h3H,8H2,1-2H3/b6-5+,9-4?. The predicted molar refractivity (Wildman–Crippen MR) is 45.2 cm³/mol. The molecule has 0 fully saturated rings. The van der Waals surface area contributed by atoms with E-state index in [2.05, 4.69) is 20.9 Å². The first kappa shape index (κ1) is 9.36. The predicted octanol–water partition coefficient (Wildman–Crippen LogP) is 0.841. The first-order chi connectivity index (χ1) is 4.63. The van der Waals surface area contributed by atoms with Gasteiger partial charge in [-0.15, -0.1) is 0 Å². The van der Waals surface area contributed by atoms with Crippen LogP contribution >= 0.6 is 15.9 Å². The maximum Gasteiger partial charge on any atom is 0.166 e. The number of rotatable bonds is 2. The number of hydrogen-bond donors (Lipinski definition) is 1. The Balaban J connectivity index is 4.63. The van der Waals surface area contributed by atoms with Gasteiger partial charge >= 0.3 is 0 Å². The van der Waals surface area contributed by atoms with Crippen molar-refractivity contribution in [3.05, 3.63) is 10.2 Å². The average Bonchev–Trinajstić information content (AvgIpc) is 2.00. The van der Waals surface area contributed by atoms with Crippen LogP contribution in [0.4, 0.5) is 0 Å². The highest BCUT2D eigenvalue weighted by Crippen LogP contribution is 2.08. The van der Waals surface area contributed by atoms with E-state index in [0.29, 0.717) is 16.5 Å². The zero-order chi connectivity index (χ0) is 8.15. The number of nitrogens with two attached hydrogens (primary N) is 1. The molecule has 0 unspecified atom stereocenters. The van der Waals surface area contributed by atoms with E-state index in [1.807, 2.05) is 0 Å². The van der Waals surface area contributed by atoms with Crippen LogP contribution in [-0.2, 0) is 4.79 Å². The van der Waals surface area contributed by atoms with E-state index in [1.54, 1.807) is 14.0 Å². The summed E-state index contributed by atoms with van der Waals surface area (Å²) in [5.41, 5.74) is 6.16. The highest BCUT2D eigenvalue weighted by atomic mass is 79.9. The molecule has 0 aliphatic rings. The van der Waals surface area contributed by atoms with E-state index in [9.17, 15) is 4.79 Å². The Morgan fingerprint density at radius 1 is 1.70 bits per heavy atom. The van der Waals surface area contributed by atoms with E-state index in [-0.39, 0.29) is 5.70 Å². The normalized spacial score (nSPS) is 14.5. The van der Waals surface area contributed by atoms with Gasteiger partial charge in [0.2, 0.25) is 0 Å². The van der Waals surface area contributed by atoms with Crippen LogP contribution in [0.25, 0.3) is 0 Å². The van der Waals surface area contributed by atoms with Crippen molar-refractivity contribution in [1.82, 2.24) is 0 Å². The molecule has 0 bridgehead atoms. The molecule has 0 aliphatic heterocycles. The Labute approximate surface area is 68.1 Å². The zero-order valence-corrected chi connectivity index (χ0v) is 7.47. The van der Waals surface area contributed by atoms with Crippen LogP contribution in [0, 0.1) is 0 Å². The van der Waals surface area contributed by atoms with Crippen molar-refractivity contribution >= 4 is 27.9 Å². The van der Waals surface area contributed by atoms with Gasteiger partial charge in [0.15, 0.2) is 6.29 Å². The Bertz CT molecular complexity index is 196. The van der Waals surface area contributed by atoms with Gasteiger partial charge in [-0.2, -0.15) is 0 Å². The third-order valence-corrected chi connectivity index (χ3v) is 2.07. The fourth-order valence-electron chi connectivity index (χ4n) is 0.359. The number of allylic oxidation sites excluding steroid dienone is 2. The van der Waals surface area contributed by atoms with E-state index in [1.165, 1.54) is 0 Å². The maximum absolute atomic E-state index is 10.1. The molecule has 0 saturated heterocycles. The Hall–Kier alpha value is -0.640. The van der Waals surface area contributed by atoms with Crippen LogP contribution in [0.15, 0.2) is 15.2 Å². The van der Waals surface area contributed by atoms with Crippen molar-refractivity contribution in [2.75, 3.05) is 7.05 Å². The number of carbonyl (C=O) groups excluding carboxylic acids is 1. The number of halogens is 1. The summed E-state index contributed by atoms with van der Waals surface area (Å²) >= 11 is 3.12. The lowest BCUT2D eigenvalue weighted by Gasteiger charge is -1.96. The maximum atomic E-state index is 10.1. The molecule has 0 aromatic rings. The minimum atomic E-state index is 0.170. The van der Waals surface area contributed by atoms with E-state index < -0.39 is 0 Å². The summed E-state index contributed by atoms with van der Waals surface area (Å²) in [7, 11) is 1.63. The van der Waals surface area contributed by atoms with Crippen molar-refractivity contribution in [3.8, 4) is 0 Å². The first-order valence-electron chi connectivity index (χ1n) is 2.67. The van der Waals surface area contributed by atoms with Gasteiger partial charge in [-0.1, -0.05) is 0 Å². The third-order valence-electron chi connectivity index (χ3n) is 1.03. The largest absolute Gasteiger partial charge is 0.395 e. The van der Waals surface area contributed by atoms with E-state index in [0.717, 1.165) is 0 Å². The van der Waals surface area contributed by atoms with Gasteiger partial charge in [0.1, 0.15) is 0 Å². The van der Waals surface area contributed by atoms with Crippen molar-refractivity contribution in [1.29, 1.82) is 0 Å². The number of aliphatic imine (C=N–C) groups is 1. The Kier molecular flexibility index (Phi) is 3.95. The summed E-state index contributed by atoms with van der Waals surface area (Å²) in [6.45, 7) is 1.76. The van der Waals surface area contributed by atoms with Crippen molar-refractivity contribution in [3.63, 3.8) is 0 Å². The second-order valence-corrected chi connectivity index (χ2v) is 2.49.